The largest absolute Gasteiger partial charge is 0.487 e. The first-order valence-electron chi connectivity index (χ1n) is 10.4. The number of para-hydroxylation sites is 1. The minimum absolute atomic E-state index is 0.198. The number of hydrogen-bond acceptors (Lipinski definition) is 5. The number of aromatic nitrogens is 2. The summed E-state index contributed by atoms with van der Waals surface area (Å²) in [6.45, 7) is 4.56. The van der Waals surface area contributed by atoms with Crippen molar-refractivity contribution in [1.29, 1.82) is 0 Å². The van der Waals surface area contributed by atoms with E-state index < -0.39 is 0 Å². The number of nitrogens with zero attached hydrogens (tertiary/aromatic N) is 2. The minimum atomic E-state index is -0.248. The van der Waals surface area contributed by atoms with E-state index in [1.807, 2.05) is 43.3 Å². The van der Waals surface area contributed by atoms with Crippen LogP contribution < -0.4 is 10.1 Å². The van der Waals surface area contributed by atoms with Crippen LogP contribution in [0.5, 0.6) is 5.75 Å². The fourth-order valence-electron chi connectivity index (χ4n) is 3.93. The number of nitrogens with one attached hydrogen (secondary N) is 1. The van der Waals surface area contributed by atoms with Crippen molar-refractivity contribution in [1.82, 2.24) is 15.1 Å². The summed E-state index contributed by atoms with van der Waals surface area (Å²) < 4.78 is 14.5. The number of hydrogen-bond donors (Lipinski definition) is 1. The molecule has 0 unspecified atom stereocenters. The number of ether oxygens (including phenoxy) is 2. The summed E-state index contributed by atoms with van der Waals surface area (Å²) in [4.78, 5) is 12.0. The van der Waals surface area contributed by atoms with Crippen molar-refractivity contribution in [2.45, 2.75) is 38.8 Å². The molecule has 1 saturated heterocycles. The standard InChI is InChI=1S/C23H26BrN3O3/c1-2-29-23(28)13-16-5-3-4-6-22(16)30-15-21-19-14-17(24)7-8-20(19)26-27(21)18-9-11-25-12-10-18/h3-8,14,18,25H,2,9-13,15H2,1H3. The van der Waals surface area contributed by atoms with Crippen LogP contribution in [-0.2, 0) is 22.6 Å². The summed E-state index contributed by atoms with van der Waals surface area (Å²) in [6, 6.07) is 14.1. The van der Waals surface area contributed by atoms with Crippen molar-refractivity contribution in [2.75, 3.05) is 19.7 Å². The highest BCUT2D eigenvalue weighted by molar-refractivity contribution is 9.10. The molecular formula is C23H26BrN3O3. The minimum Gasteiger partial charge on any atom is -0.487 e. The van der Waals surface area contributed by atoms with Crippen molar-refractivity contribution in [3.05, 3.63) is 58.2 Å². The molecule has 2 aromatic carbocycles. The molecule has 7 heteroatoms. The van der Waals surface area contributed by atoms with Gasteiger partial charge in [-0.05, 0) is 57.1 Å². The Morgan fingerprint density at radius 3 is 2.83 bits per heavy atom. The van der Waals surface area contributed by atoms with Gasteiger partial charge in [-0.1, -0.05) is 34.1 Å². The van der Waals surface area contributed by atoms with Crippen LogP contribution in [0.3, 0.4) is 0 Å². The Hall–Kier alpha value is -2.38. The van der Waals surface area contributed by atoms with Crippen LogP contribution in [0, 0.1) is 0 Å². The second-order valence-corrected chi connectivity index (χ2v) is 8.33. The summed E-state index contributed by atoms with van der Waals surface area (Å²) in [5, 5.41) is 9.40. The van der Waals surface area contributed by atoms with Gasteiger partial charge < -0.3 is 14.8 Å². The van der Waals surface area contributed by atoms with Crippen LogP contribution in [-0.4, -0.2) is 35.4 Å². The highest BCUT2D eigenvalue weighted by Crippen LogP contribution is 2.30. The van der Waals surface area contributed by atoms with Gasteiger partial charge >= 0.3 is 5.97 Å². The lowest BCUT2D eigenvalue weighted by atomic mass is 10.1. The predicted octanol–water partition coefficient (Wildman–Crippen LogP) is 4.41. The smallest absolute Gasteiger partial charge is 0.310 e. The number of rotatable bonds is 7. The molecule has 3 aromatic rings. The Bertz CT molecular complexity index is 1030. The Kier molecular flexibility index (Phi) is 6.69. The molecule has 6 nitrogen and oxygen atoms in total. The Balaban J connectivity index is 1.62. The molecule has 0 radical (unpaired) electrons. The van der Waals surface area contributed by atoms with Crippen molar-refractivity contribution in [2.24, 2.45) is 0 Å². The van der Waals surface area contributed by atoms with E-state index >= 15 is 0 Å². The lowest BCUT2D eigenvalue weighted by molar-refractivity contribution is -0.142. The van der Waals surface area contributed by atoms with Gasteiger partial charge in [0.25, 0.3) is 0 Å². The van der Waals surface area contributed by atoms with Gasteiger partial charge in [0.1, 0.15) is 12.4 Å². The van der Waals surface area contributed by atoms with Crippen LogP contribution in [0.25, 0.3) is 10.9 Å². The summed E-state index contributed by atoms with van der Waals surface area (Å²) >= 11 is 3.58. The highest BCUT2D eigenvalue weighted by Gasteiger charge is 2.22. The van der Waals surface area contributed by atoms with E-state index in [1.54, 1.807) is 0 Å². The molecule has 158 valence electrons. The van der Waals surface area contributed by atoms with E-state index in [0.29, 0.717) is 25.0 Å². The number of fused-ring (bicyclic) bond motifs is 1. The lowest BCUT2D eigenvalue weighted by Crippen LogP contribution is -2.30. The molecule has 0 aliphatic carbocycles. The van der Waals surface area contributed by atoms with Crippen LogP contribution in [0.1, 0.15) is 37.1 Å². The van der Waals surface area contributed by atoms with Gasteiger partial charge in [0, 0.05) is 15.4 Å². The molecule has 0 amide bonds. The van der Waals surface area contributed by atoms with E-state index in [4.69, 9.17) is 14.6 Å². The van der Waals surface area contributed by atoms with Gasteiger partial charge in [0.15, 0.2) is 0 Å². The number of carbonyl (C=O) groups is 1. The van der Waals surface area contributed by atoms with Gasteiger partial charge in [0.05, 0.1) is 30.3 Å². The first kappa shape index (κ1) is 20.9. The molecule has 1 aromatic heterocycles. The topological polar surface area (TPSA) is 65.4 Å². The maximum Gasteiger partial charge on any atom is 0.310 e. The molecule has 4 rings (SSSR count). The summed E-state index contributed by atoms with van der Waals surface area (Å²) in [5.41, 5.74) is 2.86. The summed E-state index contributed by atoms with van der Waals surface area (Å²) in [6.07, 6.45) is 2.28. The molecule has 0 spiro atoms. The van der Waals surface area contributed by atoms with E-state index in [9.17, 15) is 4.79 Å². The molecule has 30 heavy (non-hydrogen) atoms. The second-order valence-electron chi connectivity index (χ2n) is 7.41. The molecule has 0 bridgehead atoms. The SMILES string of the molecule is CCOC(=O)Cc1ccccc1OCc1c2cc(Br)ccc2nn1C1CCNCC1. The predicted molar refractivity (Wildman–Crippen MR) is 120 cm³/mol. The van der Waals surface area contributed by atoms with E-state index in [2.05, 4.69) is 32.0 Å². The number of esters is 1. The molecule has 2 heterocycles. The number of benzene rings is 2. The lowest BCUT2D eigenvalue weighted by Gasteiger charge is -2.25. The first-order chi connectivity index (χ1) is 14.7. The maximum absolute atomic E-state index is 12.0. The molecule has 1 N–H and O–H groups in total. The third-order valence-electron chi connectivity index (χ3n) is 5.39. The van der Waals surface area contributed by atoms with Crippen molar-refractivity contribution in [3.63, 3.8) is 0 Å². The Labute approximate surface area is 184 Å². The van der Waals surface area contributed by atoms with Gasteiger partial charge in [-0.15, -0.1) is 0 Å². The highest BCUT2D eigenvalue weighted by atomic mass is 79.9. The normalized spacial score (nSPS) is 14.7. The van der Waals surface area contributed by atoms with Crippen LogP contribution in [0.4, 0.5) is 0 Å². The van der Waals surface area contributed by atoms with Crippen molar-refractivity contribution < 1.29 is 14.3 Å². The van der Waals surface area contributed by atoms with Crippen molar-refractivity contribution in [3.8, 4) is 5.75 Å². The zero-order valence-electron chi connectivity index (χ0n) is 17.1. The van der Waals surface area contributed by atoms with Gasteiger partial charge in [-0.25, -0.2) is 0 Å². The third kappa shape index (κ3) is 4.68. The summed E-state index contributed by atoms with van der Waals surface area (Å²) in [7, 11) is 0. The zero-order chi connectivity index (χ0) is 20.9. The fourth-order valence-corrected chi connectivity index (χ4v) is 4.29. The third-order valence-corrected chi connectivity index (χ3v) is 5.89. The molecule has 0 saturated carbocycles. The van der Waals surface area contributed by atoms with Gasteiger partial charge in [-0.2, -0.15) is 5.10 Å². The zero-order valence-corrected chi connectivity index (χ0v) is 18.7. The monoisotopic (exact) mass is 471 g/mol. The fraction of sp³-hybridized carbons (Fsp3) is 0.391. The molecule has 0 atom stereocenters. The van der Waals surface area contributed by atoms with Crippen LogP contribution in [0.2, 0.25) is 0 Å². The number of carbonyl (C=O) groups excluding carboxylic acids is 1. The first-order valence-corrected chi connectivity index (χ1v) is 11.2. The second kappa shape index (κ2) is 9.62. The van der Waals surface area contributed by atoms with Crippen molar-refractivity contribution >= 4 is 32.8 Å². The number of piperidine rings is 1. The van der Waals surface area contributed by atoms with Crippen LogP contribution >= 0.6 is 15.9 Å². The Morgan fingerprint density at radius 1 is 1.23 bits per heavy atom. The molecule has 1 aliphatic heterocycles. The quantitative estimate of drug-likeness (QED) is 0.517. The molecule has 1 fully saturated rings. The van der Waals surface area contributed by atoms with Crippen LogP contribution in [0.15, 0.2) is 46.9 Å². The summed E-state index contributed by atoms with van der Waals surface area (Å²) in [5.74, 6) is 0.453. The number of halogens is 1. The average molecular weight is 472 g/mol. The average Bonchev–Trinajstić information content (AvgIpc) is 3.11. The van der Waals surface area contributed by atoms with Gasteiger partial charge in [0.2, 0.25) is 0 Å². The van der Waals surface area contributed by atoms with E-state index in [-0.39, 0.29) is 12.4 Å². The Morgan fingerprint density at radius 2 is 2.03 bits per heavy atom. The molecule has 1 aliphatic rings. The van der Waals surface area contributed by atoms with Gasteiger partial charge in [-0.3, -0.25) is 9.48 Å². The van der Waals surface area contributed by atoms with E-state index in [1.165, 1.54) is 0 Å². The molecular weight excluding hydrogens is 446 g/mol. The van der Waals surface area contributed by atoms with E-state index in [0.717, 1.165) is 52.6 Å². The maximum atomic E-state index is 12.0.